The maximum atomic E-state index is 11.0. The van der Waals surface area contributed by atoms with Crippen molar-refractivity contribution in [3.63, 3.8) is 0 Å². The number of nitrogens with zero attached hydrogens (tertiary/aromatic N) is 1. The molecule has 0 bridgehead atoms. The Labute approximate surface area is 99.7 Å². The van der Waals surface area contributed by atoms with Gasteiger partial charge in [0.05, 0.1) is 34.3 Å². The predicted octanol–water partition coefficient (Wildman–Crippen LogP) is 2.37. The van der Waals surface area contributed by atoms with Crippen molar-refractivity contribution >= 4 is 5.97 Å². The molecule has 0 heterocycles. The number of carbonyl (C=O) groups is 1. The van der Waals surface area contributed by atoms with Crippen molar-refractivity contribution in [1.82, 2.24) is 0 Å². The van der Waals surface area contributed by atoms with Crippen LogP contribution < -0.4 is 0 Å². The molecule has 0 fully saturated rings. The highest BCUT2D eigenvalue weighted by atomic mass is 16.5. The zero-order chi connectivity index (χ0) is 12.6. The maximum absolute atomic E-state index is 11.0. The molecule has 3 nitrogen and oxygen atoms in total. The van der Waals surface area contributed by atoms with Crippen molar-refractivity contribution in [1.29, 1.82) is 0 Å². The van der Waals surface area contributed by atoms with Crippen LogP contribution in [0.2, 0.25) is 0 Å². The van der Waals surface area contributed by atoms with Crippen LogP contribution in [0.3, 0.4) is 0 Å². The van der Waals surface area contributed by atoms with Crippen LogP contribution in [-0.4, -0.2) is 44.7 Å². The van der Waals surface area contributed by atoms with Gasteiger partial charge in [0.2, 0.25) is 0 Å². The van der Waals surface area contributed by atoms with E-state index in [2.05, 4.69) is 27.7 Å². The molecule has 0 spiro atoms. The SMILES string of the molecule is C=C(C)C(=O)OCCCCCC[N+](C)(C)C. The van der Waals surface area contributed by atoms with Crippen molar-refractivity contribution in [2.24, 2.45) is 0 Å². The Kier molecular flexibility index (Phi) is 7.06. The molecule has 0 aromatic rings. The largest absolute Gasteiger partial charge is 0.462 e. The third-order valence-corrected chi connectivity index (χ3v) is 2.30. The summed E-state index contributed by atoms with van der Waals surface area (Å²) in [6.07, 6.45) is 4.53. The van der Waals surface area contributed by atoms with Crippen LogP contribution in [0.1, 0.15) is 32.6 Å². The lowest BCUT2D eigenvalue weighted by molar-refractivity contribution is -0.870. The van der Waals surface area contributed by atoms with Gasteiger partial charge in [0, 0.05) is 5.57 Å². The minimum Gasteiger partial charge on any atom is -0.462 e. The molecular weight excluding hydrogens is 202 g/mol. The molecule has 0 N–H and O–H groups in total. The fourth-order valence-corrected chi connectivity index (χ4v) is 1.33. The predicted molar refractivity (Wildman–Crippen MR) is 67.1 cm³/mol. The van der Waals surface area contributed by atoms with E-state index >= 15 is 0 Å². The van der Waals surface area contributed by atoms with Crippen LogP contribution >= 0.6 is 0 Å². The Hall–Kier alpha value is -0.830. The van der Waals surface area contributed by atoms with E-state index in [9.17, 15) is 4.79 Å². The number of quaternary nitrogens is 1. The number of hydrogen-bond donors (Lipinski definition) is 0. The van der Waals surface area contributed by atoms with Crippen LogP contribution in [0, 0.1) is 0 Å². The number of rotatable bonds is 8. The zero-order valence-electron chi connectivity index (χ0n) is 11.2. The topological polar surface area (TPSA) is 26.3 Å². The summed E-state index contributed by atoms with van der Waals surface area (Å²) in [6.45, 7) is 6.93. The molecule has 16 heavy (non-hydrogen) atoms. The number of esters is 1. The van der Waals surface area contributed by atoms with Gasteiger partial charge in [-0.1, -0.05) is 6.58 Å². The molecule has 0 radical (unpaired) electrons. The van der Waals surface area contributed by atoms with E-state index in [1.165, 1.54) is 19.4 Å². The second kappa shape index (κ2) is 7.44. The first-order valence-electron chi connectivity index (χ1n) is 5.96. The van der Waals surface area contributed by atoms with Crippen molar-refractivity contribution < 1.29 is 14.0 Å². The molecule has 0 saturated carbocycles. The van der Waals surface area contributed by atoms with Gasteiger partial charge in [-0.2, -0.15) is 0 Å². The molecule has 94 valence electrons. The fourth-order valence-electron chi connectivity index (χ4n) is 1.33. The molecule has 0 aliphatic rings. The maximum Gasteiger partial charge on any atom is 0.333 e. The van der Waals surface area contributed by atoms with E-state index in [0.29, 0.717) is 12.2 Å². The molecule has 0 amide bonds. The lowest BCUT2D eigenvalue weighted by Gasteiger charge is -2.23. The molecule has 0 atom stereocenters. The minimum atomic E-state index is -0.272. The van der Waals surface area contributed by atoms with Crippen LogP contribution in [0.25, 0.3) is 0 Å². The first kappa shape index (κ1) is 15.2. The van der Waals surface area contributed by atoms with Crippen molar-refractivity contribution in [3.05, 3.63) is 12.2 Å². The Balaban J connectivity index is 3.29. The molecule has 0 aromatic carbocycles. The monoisotopic (exact) mass is 228 g/mol. The van der Waals surface area contributed by atoms with E-state index in [0.717, 1.165) is 17.3 Å². The number of hydrogen-bond acceptors (Lipinski definition) is 2. The highest BCUT2D eigenvalue weighted by Gasteiger charge is 2.05. The molecule has 0 aliphatic carbocycles. The summed E-state index contributed by atoms with van der Waals surface area (Å²) in [5.41, 5.74) is 0.477. The van der Waals surface area contributed by atoms with E-state index in [1.807, 2.05) is 0 Å². The molecule has 0 rings (SSSR count). The number of carbonyl (C=O) groups excluding carboxylic acids is 1. The van der Waals surface area contributed by atoms with Gasteiger partial charge in [0.25, 0.3) is 0 Å². The Morgan fingerprint density at radius 2 is 1.69 bits per heavy atom. The van der Waals surface area contributed by atoms with Crippen LogP contribution in [0.5, 0.6) is 0 Å². The highest BCUT2D eigenvalue weighted by molar-refractivity contribution is 5.86. The second-order valence-corrected chi connectivity index (χ2v) is 5.34. The summed E-state index contributed by atoms with van der Waals surface area (Å²) >= 11 is 0. The van der Waals surface area contributed by atoms with E-state index in [1.54, 1.807) is 6.92 Å². The molecular formula is C13H26NO2+. The normalized spacial score (nSPS) is 11.2. The average Bonchev–Trinajstić information content (AvgIpc) is 2.14. The van der Waals surface area contributed by atoms with Gasteiger partial charge in [0.1, 0.15) is 0 Å². The Morgan fingerprint density at radius 1 is 1.12 bits per heavy atom. The van der Waals surface area contributed by atoms with E-state index < -0.39 is 0 Å². The van der Waals surface area contributed by atoms with E-state index in [4.69, 9.17) is 4.74 Å². The van der Waals surface area contributed by atoms with Gasteiger partial charge in [-0.15, -0.1) is 0 Å². The standard InChI is InChI=1S/C13H26NO2/c1-12(2)13(15)16-11-9-7-6-8-10-14(3,4)5/h1,6-11H2,2-5H3/q+1. The fraction of sp³-hybridized carbons (Fsp3) is 0.769. The Bertz CT molecular complexity index is 229. The number of unbranched alkanes of at least 4 members (excludes halogenated alkanes) is 3. The summed E-state index contributed by atoms with van der Waals surface area (Å²) in [7, 11) is 6.61. The molecule has 3 heteroatoms. The van der Waals surface area contributed by atoms with Gasteiger partial charge < -0.3 is 9.22 Å². The number of ether oxygens (including phenoxy) is 1. The lowest BCUT2D eigenvalue weighted by Crippen LogP contribution is -2.35. The summed E-state index contributed by atoms with van der Waals surface area (Å²) in [5.74, 6) is -0.272. The third kappa shape index (κ3) is 9.71. The van der Waals surface area contributed by atoms with Crippen molar-refractivity contribution in [2.75, 3.05) is 34.3 Å². The van der Waals surface area contributed by atoms with Crippen molar-refractivity contribution in [2.45, 2.75) is 32.6 Å². The van der Waals surface area contributed by atoms with Crippen LogP contribution in [0.15, 0.2) is 12.2 Å². The van der Waals surface area contributed by atoms with Crippen molar-refractivity contribution in [3.8, 4) is 0 Å². The highest BCUT2D eigenvalue weighted by Crippen LogP contribution is 2.04. The van der Waals surface area contributed by atoms with E-state index in [-0.39, 0.29) is 5.97 Å². The van der Waals surface area contributed by atoms with Gasteiger partial charge in [-0.3, -0.25) is 0 Å². The van der Waals surface area contributed by atoms with Crippen LogP contribution in [-0.2, 0) is 9.53 Å². The first-order valence-corrected chi connectivity index (χ1v) is 5.96. The molecule has 0 unspecified atom stereocenters. The summed E-state index contributed by atoms with van der Waals surface area (Å²) in [5, 5.41) is 0. The Morgan fingerprint density at radius 3 is 2.19 bits per heavy atom. The van der Waals surface area contributed by atoms with Gasteiger partial charge in [-0.05, 0) is 32.6 Å². The smallest absolute Gasteiger partial charge is 0.333 e. The first-order chi connectivity index (χ1) is 7.33. The molecule has 0 aliphatic heterocycles. The quantitative estimate of drug-likeness (QED) is 0.276. The van der Waals surface area contributed by atoms with Gasteiger partial charge in [-0.25, -0.2) is 4.79 Å². The van der Waals surface area contributed by atoms with Gasteiger partial charge in [0.15, 0.2) is 0 Å². The summed E-state index contributed by atoms with van der Waals surface area (Å²) < 4.78 is 6.03. The average molecular weight is 228 g/mol. The minimum absolute atomic E-state index is 0.272. The van der Waals surface area contributed by atoms with Crippen LogP contribution in [0.4, 0.5) is 0 Å². The van der Waals surface area contributed by atoms with Gasteiger partial charge >= 0.3 is 5.97 Å². The molecule has 0 saturated heterocycles. The summed E-state index contributed by atoms with van der Waals surface area (Å²) in [4.78, 5) is 11.0. The lowest BCUT2D eigenvalue weighted by atomic mass is 10.2. The molecule has 0 aromatic heterocycles. The third-order valence-electron chi connectivity index (χ3n) is 2.30. The summed E-state index contributed by atoms with van der Waals surface area (Å²) in [6, 6.07) is 0. The zero-order valence-corrected chi connectivity index (χ0v) is 11.2. The second-order valence-electron chi connectivity index (χ2n) is 5.34.